The number of alkyl halides is 3. The number of halogens is 4. The number of amides is 1. The van der Waals surface area contributed by atoms with Crippen LogP contribution in [0, 0.1) is 5.82 Å². The average molecular weight is 490 g/mol. The molecule has 1 fully saturated rings. The quantitative estimate of drug-likeness (QED) is 0.354. The first-order chi connectivity index (χ1) is 16.2. The highest BCUT2D eigenvalue weighted by Crippen LogP contribution is 2.37. The van der Waals surface area contributed by atoms with Gasteiger partial charge >= 0.3 is 6.18 Å². The highest BCUT2D eigenvalue weighted by Gasteiger charge is 2.34. The summed E-state index contributed by atoms with van der Waals surface area (Å²) in [6, 6.07) is 13.7. The Morgan fingerprint density at radius 3 is 2.38 bits per heavy atom. The van der Waals surface area contributed by atoms with Crippen molar-refractivity contribution in [3.8, 4) is 10.4 Å². The van der Waals surface area contributed by atoms with Gasteiger partial charge in [-0.05, 0) is 61.2 Å². The van der Waals surface area contributed by atoms with Crippen LogP contribution < -0.4 is 10.2 Å². The first kappa shape index (κ1) is 24.0. The standard InChI is InChI=1S/C25H23F4N3OS/c1-31-12-14-32(15-13-31)19-6-9-22(21(16-19)25(27,28)29)30-24(33)11-8-20-7-10-23(34-20)17-2-4-18(26)5-3-17/h2-11,16H,12-15H2,1H3,(H,30,33)/b11-8+. The third-order valence-electron chi connectivity index (χ3n) is 5.59. The maximum absolute atomic E-state index is 13.7. The minimum Gasteiger partial charge on any atom is -0.369 e. The fourth-order valence-electron chi connectivity index (χ4n) is 3.68. The van der Waals surface area contributed by atoms with Gasteiger partial charge < -0.3 is 15.1 Å². The summed E-state index contributed by atoms with van der Waals surface area (Å²) in [6.45, 7) is 2.83. The molecule has 9 heteroatoms. The first-order valence-electron chi connectivity index (χ1n) is 10.7. The molecular weight excluding hydrogens is 466 g/mol. The smallest absolute Gasteiger partial charge is 0.369 e. The molecule has 0 spiro atoms. The van der Waals surface area contributed by atoms with Crippen LogP contribution in [0.25, 0.3) is 16.5 Å². The third kappa shape index (κ3) is 5.84. The van der Waals surface area contributed by atoms with Crippen LogP contribution in [0.15, 0.2) is 60.7 Å². The highest BCUT2D eigenvalue weighted by atomic mass is 32.1. The predicted octanol–water partition coefficient (Wildman–Crippen LogP) is 5.98. The van der Waals surface area contributed by atoms with E-state index in [1.807, 2.05) is 18.0 Å². The minimum atomic E-state index is -4.60. The zero-order chi connectivity index (χ0) is 24.3. The molecule has 4 nitrogen and oxygen atoms in total. The SMILES string of the molecule is CN1CCN(c2ccc(NC(=O)/C=C/c3ccc(-c4ccc(F)cc4)s3)c(C(F)(F)F)c2)CC1. The second-order valence-electron chi connectivity index (χ2n) is 8.05. The van der Waals surface area contributed by atoms with E-state index < -0.39 is 17.6 Å². The minimum absolute atomic E-state index is 0.279. The molecule has 178 valence electrons. The number of rotatable bonds is 5. The number of benzene rings is 2. The Morgan fingerprint density at radius 1 is 1.00 bits per heavy atom. The van der Waals surface area contributed by atoms with Crippen molar-refractivity contribution in [2.75, 3.05) is 43.4 Å². The van der Waals surface area contributed by atoms with Crippen molar-refractivity contribution in [3.63, 3.8) is 0 Å². The normalized spacial score (nSPS) is 15.1. The maximum Gasteiger partial charge on any atom is 0.418 e. The summed E-state index contributed by atoms with van der Waals surface area (Å²) < 4.78 is 54.3. The molecule has 34 heavy (non-hydrogen) atoms. The first-order valence-corrected chi connectivity index (χ1v) is 11.5. The van der Waals surface area contributed by atoms with Crippen LogP contribution in [0.3, 0.4) is 0 Å². The monoisotopic (exact) mass is 489 g/mol. The number of carbonyl (C=O) groups is 1. The van der Waals surface area contributed by atoms with Crippen molar-refractivity contribution in [2.24, 2.45) is 0 Å². The Labute approximate surface area is 199 Å². The second kappa shape index (κ2) is 9.99. The van der Waals surface area contributed by atoms with Crippen molar-refractivity contribution in [2.45, 2.75) is 6.18 Å². The van der Waals surface area contributed by atoms with E-state index in [0.717, 1.165) is 34.5 Å². The van der Waals surface area contributed by atoms with E-state index in [2.05, 4.69) is 10.2 Å². The molecular formula is C25H23F4N3OS. The largest absolute Gasteiger partial charge is 0.418 e. The van der Waals surface area contributed by atoms with Crippen molar-refractivity contribution >= 4 is 34.7 Å². The van der Waals surface area contributed by atoms with Crippen LogP contribution in [0.5, 0.6) is 0 Å². The summed E-state index contributed by atoms with van der Waals surface area (Å²) >= 11 is 1.39. The Kier molecular flexibility index (Phi) is 7.04. The fourth-order valence-corrected chi connectivity index (χ4v) is 4.60. The number of hydrogen-bond donors (Lipinski definition) is 1. The summed E-state index contributed by atoms with van der Waals surface area (Å²) in [6.07, 6.45) is -1.86. The summed E-state index contributed by atoms with van der Waals surface area (Å²) in [5, 5.41) is 2.36. The zero-order valence-corrected chi connectivity index (χ0v) is 19.2. The summed E-state index contributed by atoms with van der Waals surface area (Å²) in [5.41, 5.74) is 0.172. The number of nitrogens with zero attached hydrogens (tertiary/aromatic N) is 2. The number of piperazine rings is 1. The molecule has 1 aliphatic heterocycles. The molecule has 1 saturated heterocycles. The Hall–Kier alpha value is -3.17. The number of thiophene rings is 1. The number of likely N-dealkylation sites (N-methyl/N-ethyl adjacent to an activating group) is 1. The lowest BCUT2D eigenvalue weighted by Crippen LogP contribution is -2.44. The topological polar surface area (TPSA) is 35.6 Å². The molecule has 0 aliphatic carbocycles. The van der Waals surface area contributed by atoms with Gasteiger partial charge in [0.25, 0.3) is 0 Å². The van der Waals surface area contributed by atoms with E-state index in [1.54, 1.807) is 30.3 Å². The van der Waals surface area contributed by atoms with E-state index in [1.165, 1.54) is 35.6 Å². The molecule has 1 N–H and O–H groups in total. The molecule has 0 saturated carbocycles. The van der Waals surface area contributed by atoms with Crippen LogP contribution in [-0.4, -0.2) is 44.0 Å². The number of anilines is 2. The number of nitrogens with one attached hydrogen (secondary N) is 1. The lowest BCUT2D eigenvalue weighted by Gasteiger charge is -2.34. The van der Waals surface area contributed by atoms with Crippen LogP contribution in [0.2, 0.25) is 0 Å². The number of hydrogen-bond acceptors (Lipinski definition) is 4. The van der Waals surface area contributed by atoms with Gasteiger partial charge in [0.1, 0.15) is 5.82 Å². The van der Waals surface area contributed by atoms with Crippen LogP contribution in [0.1, 0.15) is 10.4 Å². The van der Waals surface area contributed by atoms with Crippen molar-refractivity contribution in [1.29, 1.82) is 0 Å². The molecule has 0 bridgehead atoms. The van der Waals surface area contributed by atoms with E-state index in [-0.39, 0.29) is 11.5 Å². The Balaban J connectivity index is 1.47. The van der Waals surface area contributed by atoms with Gasteiger partial charge in [-0.25, -0.2) is 4.39 Å². The maximum atomic E-state index is 13.7. The van der Waals surface area contributed by atoms with Gasteiger partial charge in [-0.15, -0.1) is 11.3 Å². The zero-order valence-electron chi connectivity index (χ0n) is 18.4. The van der Waals surface area contributed by atoms with Gasteiger partial charge in [-0.3, -0.25) is 4.79 Å². The summed E-state index contributed by atoms with van der Waals surface area (Å²) in [5.74, 6) is -0.985. The lowest BCUT2D eigenvalue weighted by atomic mass is 10.1. The highest BCUT2D eigenvalue weighted by molar-refractivity contribution is 7.16. The molecule has 0 unspecified atom stereocenters. The van der Waals surface area contributed by atoms with Gasteiger partial charge in [0, 0.05) is 47.7 Å². The summed E-state index contributed by atoms with van der Waals surface area (Å²) in [7, 11) is 1.98. The van der Waals surface area contributed by atoms with Gasteiger partial charge in [0.2, 0.25) is 5.91 Å². The van der Waals surface area contributed by atoms with E-state index in [4.69, 9.17) is 0 Å². The second-order valence-corrected chi connectivity index (χ2v) is 9.16. The van der Waals surface area contributed by atoms with Gasteiger partial charge in [0.05, 0.1) is 11.3 Å². The van der Waals surface area contributed by atoms with Crippen molar-refractivity contribution < 1.29 is 22.4 Å². The summed E-state index contributed by atoms with van der Waals surface area (Å²) in [4.78, 5) is 18.1. The van der Waals surface area contributed by atoms with Gasteiger partial charge in [0.15, 0.2) is 0 Å². The van der Waals surface area contributed by atoms with E-state index >= 15 is 0 Å². The Morgan fingerprint density at radius 2 is 1.71 bits per heavy atom. The average Bonchev–Trinajstić information content (AvgIpc) is 3.27. The van der Waals surface area contributed by atoms with Gasteiger partial charge in [-0.1, -0.05) is 12.1 Å². The molecule has 4 rings (SSSR count). The van der Waals surface area contributed by atoms with Crippen molar-refractivity contribution in [1.82, 2.24) is 4.90 Å². The molecule has 1 aliphatic rings. The third-order valence-corrected chi connectivity index (χ3v) is 6.69. The molecule has 3 aromatic rings. The fraction of sp³-hybridized carbons (Fsp3) is 0.240. The molecule has 2 aromatic carbocycles. The molecule has 1 aromatic heterocycles. The van der Waals surface area contributed by atoms with E-state index in [9.17, 15) is 22.4 Å². The van der Waals surface area contributed by atoms with Crippen LogP contribution in [0.4, 0.5) is 28.9 Å². The molecule has 0 radical (unpaired) electrons. The van der Waals surface area contributed by atoms with Crippen molar-refractivity contribution in [3.05, 3.63) is 76.9 Å². The van der Waals surface area contributed by atoms with E-state index in [0.29, 0.717) is 18.8 Å². The number of carbonyl (C=O) groups excluding carboxylic acids is 1. The molecule has 1 amide bonds. The predicted molar refractivity (Wildman–Crippen MR) is 129 cm³/mol. The molecule has 2 heterocycles. The Bertz CT molecular complexity index is 1180. The molecule has 0 atom stereocenters. The van der Waals surface area contributed by atoms with Crippen LogP contribution >= 0.6 is 11.3 Å². The lowest BCUT2D eigenvalue weighted by molar-refractivity contribution is -0.136. The van der Waals surface area contributed by atoms with Crippen LogP contribution in [-0.2, 0) is 11.0 Å². The van der Waals surface area contributed by atoms with Gasteiger partial charge in [-0.2, -0.15) is 13.2 Å².